The molecule has 92 valence electrons. The van der Waals surface area contributed by atoms with Gasteiger partial charge in [0.25, 0.3) is 0 Å². The smallest absolute Gasteiger partial charge is 0.107 e. The molecule has 0 aliphatic carbocycles. The van der Waals surface area contributed by atoms with Gasteiger partial charge in [0.2, 0.25) is 0 Å². The zero-order valence-corrected chi connectivity index (χ0v) is 10.9. The summed E-state index contributed by atoms with van der Waals surface area (Å²) in [4.78, 5) is 4.37. The van der Waals surface area contributed by atoms with Crippen molar-refractivity contribution in [3.8, 4) is 0 Å². The maximum absolute atomic E-state index is 9.57. The first-order valence-corrected chi connectivity index (χ1v) is 6.14. The summed E-state index contributed by atoms with van der Waals surface area (Å²) in [5.74, 6) is 0.339. The van der Waals surface area contributed by atoms with Crippen LogP contribution in [0.15, 0.2) is 5.38 Å². The van der Waals surface area contributed by atoms with Gasteiger partial charge in [-0.25, -0.2) is 4.98 Å². The zero-order valence-electron chi connectivity index (χ0n) is 9.27. The molecule has 2 rings (SSSR count). The summed E-state index contributed by atoms with van der Waals surface area (Å²) in [5, 5.41) is 19.3. The molecule has 6 heteroatoms. The molecule has 1 aromatic rings. The Bertz CT molecular complexity index is 321. The van der Waals surface area contributed by atoms with Crippen LogP contribution in [-0.2, 0) is 6.54 Å². The first kappa shape index (κ1) is 13.9. The molecular formula is C10H18ClN3OS. The Balaban J connectivity index is 0.00000128. The van der Waals surface area contributed by atoms with Crippen molar-refractivity contribution in [2.45, 2.75) is 19.6 Å². The van der Waals surface area contributed by atoms with Crippen LogP contribution in [0.4, 0.5) is 0 Å². The predicted octanol–water partition coefficient (Wildman–Crippen LogP) is 0.543. The number of nitrogens with zero attached hydrogens (tertiary/aromatic N) is 1. The van der Waals surface area contributed by atoms with Gasteiger partial charge < -0.3 is 15.7 Å². The van der Waals surface area contributed by atoms with E-state index in [9.17, 15) is 5.11 Å². The maximum Gasteiger partial charge on any atom is 0.107 e. The third-order valence-corrected chi connectivity index (χ3v) is 3.62. The molecule has 0 saturated carbocycles. The fourth-order valence-electron chi connectivity index (χ4n) is 1.78. The molecule has 2 atom stereocenters. The molecule has 1 aromatic heterocycles. The number of β-amino-alcohol motifs (C(OH)–C–C–N with tert-alkyl or cyclic N) is 1. The Kier molecular flexibility index (Phi) is 5.64. The molecule has 0 amide bonds. The van der Waals surface area contributed by atoms with Crippen LogP contribution in [0.25, 0.3) is 0 Å². The Morgan fingerprint density at radius 1 is 1.62 bits per heavy atom. The van der Waals surface area contributed by atoms with Crippen LogP contribution >= 0.6 is 23.7 Å². The van der Waals surface area contributed by atoms with Gasteiger partial charge in [-0.3, -0.25) is 0 Å². The van der Waals surface area contributed by atoms with Gasteiger partial charge in [0.05, 0.1) is 6.10 Å². The third-order valence-electron chi connectivity index (χ3n) is 2.65. The molecule has 1 fully saturated rings. The average Bonchev–Trinajstić information content (AvgIpc) is 2.77. The second-order valence-electron chi connectivity index (χ2n) is 4.00. The monoisotopic (exact) mass is 263 g/mol. The lowest BCUT2D eigenvalue weighted by Gasteiger charge is -2.13. The normalized spacial score (nSPS) is 24.4. The molecule has 1 saturated heterocycles. The van der Waals surface area contributed by atoms with Crippen LogP contribution in [0.1, 0.15) is 10.7 Å². The van der Waals surface area contributed by atoms with Gasteiger partial charge in [0.1, 0.15) is 5.01 Å². The number of nitrogens with one attached hydrogen (secondary N) is 2. The van der Waals surface area contributed by atoms with E-state index >= 15 is 0 Å². The van der Waals surface area contributed by atoms with Gasteiger partial charge in [-0.1, -0.05) is 0 Å². The summed E-state index contributed by atoms with van der Waals surface area (Å²) in [7, 11) is 0. The Hall–Kier alpha value is -0.200. The Morgan fingerprint density at radius 2 is 2.44 bits per heavy atom. The summed E-state index contributed by atoms with van der Waals surface area (Å²) in [6.45, 7) is 5.30. The van der Waals surface area contributed by atoms with E-state index in [1.807, 2.05) is 6.92 Å². The third kappa shape index (κ3) is 3.68. The summed E-state index contributed by atoms with van der Waals surface area (Å²) < 4.78 is 0. The maximum atomic E-state index is 9.57. The summed E-state index contributed by atoms with van der Waals surface area (Å²) >= 11 is 1.68. The SMILES string of the molecule is Cc1csc(CNCC2CNCC2O)n1.Cl. The van der Waals surface area contributed by atoms with E-state index in [0.717, 1.165) is 36.9 Å². The van der Waals surface area contributed by atoms with E-state index in [4.69, 9.17) is 0 Å². The number of rotatable bonds is 4. The van der Waals surface area contributed by atoms with Crippen LogP contribution in [0.5, 0.6) is 0 Å². The lowest BCUT2D eigenvalue weighted by Crippen LogP contribution is -2.30. The summed E-state index contributed by atoms with van der Waals surface area (Å²) in [5.41, 5.74) is 1.08. The van der Waals surface area contributed by atoms with Crippen LogP contribution < -0.4 is 10.6 Å². The molecule has 4 nitrogen and oxygen atoms in total. The highest BCUT2D eigenvalue weighted by molar-refractivity contribution is 7.09. The van der Waals surface area contributed by atoms with E-state index in [1.54, 1.807) is 11.3 Å². The molecule has 3 N–H and O–H groups in total. The molecule has 0 radical (unpaired) electrons. The van der Waals surface area contributed by atoms with Crippen molar-refractivity contribution in [2.75, 3.05) is 19.6 Å². The number of aryl methyl sites for hydroxylation is 1. The highest BCUT2D eigenvalue weighted by Gasteiger charge is 2.23. The average molecular weight is 264 g/mol. The number of hydrogen-bond donors (Lipinski definition) is 3. The molecule has 16 heavy (non-hydrogen) atoms. The van der Waals surface area contributed by atoms with Crippen molar-refractivity contribution < 1.29 is 5.11 Å². The van der Waals surface area contributed by atoms with Gasteiger partial charge in [0.15, 0.2) is 0 Å². The quantitative estimate of drug-likeness (QED) is 0.742. The fraction of sp³-hybridized carbons (Fsp3) is 0.700. The minimum Gasteiger partial charge on any atom is -0.391 e. The first-order valence-electron chi connectivity index (χ1n) is 5.26. The number of halogens is 1. The lowest BCUT2D eigenvalue weighted by atomic mass is 10.1. The lowest BCUT2D eigenvalue weighted by molar-refractivity contribution is 0.146. The van der Waals surface area contributed by atoms with Crippen LogP contribution in [0.2, 0.25) is 0 Å². The largest absolute Gasteiger partial charge is 0.391 e. The summed E-state index contributed by atoms with van der Waals surface area (Å²) in [6, 6.07) is 0. The van der Waals surface area contributed by atoms with Crippen molar-refractivity contribution in [1.82, 2.24) is 15.6 Å². The Labute approximate surface area is 106 Å². The van der Waals surface area contributed by atoms with Gasteiger partial charge in [-0.2, -0.15) is 0 Å². The molecule has 0 spiro atoms. The first-order chi connectivity index (χ1) is 7.25. The van der Waals surface area contributed by atoms with Gasteiger partial charge in [-0.05, 0) is 6.92 Å². The van der Waals surface area contributed by atoms with Gasteiger partial charge >= 0.3 is 0 Å². The van der Waals surface area contributed by atoms with Crippen molar-refractivity contribution in [3.63, 3.8) is 0 Å². The van der Waals surface area contributed by atoms with E-state index in [2.05, 4.69) is 21.0 Å². The number of aromatic nitrogens is 1. The van der Waals surface area contributed by atoms with Crippen molar-refractivity contribution in [3.05, 3.63) is 16.1 Å². The minimum absolute atomic E-state index is 0. The molecule has 2 heterocycles. The number of aliphatic hydroxyl groups is 1. The van der Waals surface area contributed by atoms with E-state index in [0.29, 0.717) is 5.92 Å². The second-order valence-corrected chi connectivity index (χ2v) is 4.94. The van der Waals surface area contributed by atoms with Crippen molar-refractivity contribution >= 4 is 23.7 Å². The molecule has 0 aromatic carbocycles. The molecular weight excluding hydrogens is 246 g/mol. The number of aliphatic hydroxyl groups excluding tert-OH is 1. The second kappa shape index (κ2) is 6.51. The molecule has 0 bridgehead atoms. The highest BCUT2D eigenvalue weighted by Crippen LogP contribution is 2.10. The van der Waals surface area contributed by atoms with Crippen LogP contribution in [0, 0.1) is 12.8 Å². The van der Waals surface area contributed by atoms with E-state index < -0.39 is 0 Å². The topological polar surface area (TPSA) is 57.2 Å². The predicted molar refractivity (Wildman–Crippen MR) is 68.2 cm³/mol. The minimum atomic E-state index is -0.199. The van der Waals surface area contributed by atoms with Crippen molar-refractivity contribution in [1.29, 1.82) is 0 Å². The van der Waals surface area contributed by atoms with E-state index in [-0.39, 0.29) is 18.5 Å². The fourth-order valence-corrected chi connectivity index (χ4v) is 2.52. The highest BCUT2D eigenvalue weighted by atomic mass is 35.5. The Morgan fingerprint density at radius 3 is 3.00 bits per heavy atom. The zero-order chi connectivity index (χ0) is 10.7. The van der Waals surface area contributed by atoms with Crippen molar-refractivity contribution in [2.24, 2.45) is 5.92 Å². The number of thiazole rings is 1. The standard InChI is InChI=1S/C10H17N3OS.ClH/c1-7-6-15-10(13-7)5-12-3-8-2-11-4-9(8)14;/h6,8-9,11-12,14H,2-5H2,1H3;1H. The van der Waals surface area contributed by atoms with Crippen LogP contribution in [-0.4, -0.2) is 35.8 Å². The van der Waals surface area contributed by atoms with Gasteiger partial charge in [0, 0.05) is 43.2 Å². The van der Waals surface area contributed by atoms with Crippen LogP contribution in [0.3, 0.4) is 0 Å². The van der Waals surface area contributed by atoms with E-state index in [1.165, 1.54) is 0 Å². The number of hydrogen-bond acceptors (Lipinski definition) is 5. The summed E-state index contributed by atoms with van der Waals surface area (Å²) in [6.07, 6.45) is -0.199. The molecule has 2 unspecified atom stereocenters. The molecule has 1 aliphatic heterocycles. The molecule has 1 aliphatic rings. The van der Waals surface area contributed by atoms with Gasteiger partial charge in [-0.15, -0.1) is 23.7 Å².